The highest BCUT2D eigenvalue weighted by molar-refractivity contribution is 5.78. The zero-order chi connectivity index (χ0) is 17.4. The number of rotatable bonds is 8. The minimum Gasteiger partial charge on any atom is -0.374 e. The van der Waals surface area contributed by atoms with Gasteiger partial charge in [0, 0.05) is 38.8 Å². The van der Waals surface area contributed by atoms with Crippen LogP contribution >= 0.6 is 0 Å². The molecule has 1 heterocycles. The average molecular weight is 333 g/mol. The van der Waals surface area contributed by atoms with Crippen molar-refractivity contribution in [3.63, 3.8) is 0 Å². The highest BCUT2D eigenvalue weighted by Crippen LogP contribution is 2.15. The predicted octanol–water partition coefficient (Wildman–Crippen LogP) is 1.91. The first-order chi connectivity index (χ1) is 11.6. The van der Waals surface area contributed by atoms with E-state index < -0.39 is 0 Å². The van der Waals surface area contributed by atoms with Crippen molar-refractivity contribution in [2.24, 2.45) is 0 Å². The minimum absolute atomic E-state index is 0.0908. The minimum atomic E-state index is 0.0908. The summed E-state index contributed by atoms with van der Waals surface area (Å²) in [6, 6.07) is 10.6. The number of nitrogens with one attached hydrogen (secondary N) is 1. The van der Waals surface area contributed by atoms with Crippen molar-refractivity contribution in [2.45, 2.75) is 32.4 Å². The summed E-state index contributed by atoms with van der Waals surface area (Å²) in [6.45, 7) is 9.08. The Bertz CT molecular complexity index is 495. The van der Waals surface area contributed by atoms with Crippen LogP contribution in [-0.4, -0.2) is 68.1 Å². The van der Waals surface area contributed by atoms with E-state index in [4.69, 9.17) is 4.74 Å². The van der Waals surface area contributed by atoms with E-state index >= 15 is 0 Å². The van der Waals surface area contributed by atoms with Gasteiger partial charge in [0.25, 0.3) is 0 Å². The van der Waals surface area contributed by atoms with Crippen molar-refractivity contribution in [2.75, 3.05) is 46.4 Å². The standard InChI is InChI=1S/C19H31N3O2/c1-16-14-21(3)11-12-22(16)15-19(23)20-10-7-13-24-17(2)18-8-5-4-6-9-18/h4-6,8-9,16-17H,7,10-15H2,1-3H3,(H,20,23). The van der Waals surface area contributed by atoms with E-state index in [1.54, 1.807) is 0 Å². The average Bonchev–Trinajstić information content (AvgIpc) is 2.57. The van der Waals surface area contributed by atoms with Gasteiger partial charge in [-0.25, -0.2) is 0 Å². The van der Waals surface area contributed by atoms with Crippen LogP contribution in [0.3, 0.4) is 0 Å². The summed E-state index contributed by atoms with van der Waals surface area (Å²) in [5, 5.41) is 3.00. The molecular formula is C19H31N3O2. The second kappa shape index (κ2) is 9.77. The first-order valence-electron chi connectivity index (χ1n) is 8.92. The van der Waals surface area contributed by atoms with Crippen LogP contribution in [0.4, 0.5) is 0 Å². The van der Waals surface area contributed by atoms with Crippen molar-refractivity contribution in [1.29, 1.82) is 0 Å². The molecule has 0 bridgehead atoms. The molecule has 1 N–H and O–H groups in total. The van der Waals surface area contributed by atoms with Crippen LogP contribution in [-0.2, 0) is 9.53 Å². The number of likely N-dealkylation sites (N-methyl/N-ethyl adjacent to an activating group) is 1. The number of piperazine rings is 1. The molecule has 5 nitrogen and oxygen atoms in total. The Balaban J connectivity index is 1.56. The lowest BCUT2D eigenvalue weighted by Gasteiger charge is -2.37. The lowest BCUT2D eigenvalue weighted by atomic mass is 10.1. The number of nitrogens with zero attached hydrogens (tertiary/aromatic N) is 2. The molecule has 5 heteroatoms. The zero-order valence-corrected chi connectivity index (χ0v) is 15.2. The van der Waals surface area contributed by atoms with Gasteiger partial charge in [-0.2, -0.15) is 0 Å². The van der Waals surface area contributed by atoms with Gasteiger partial charge < -0.3 is 15.0 Å². The highest BCUT2D eigenvalue weighted by atomic mass is 16.5. The highest BCUT2D eigenvalue weighted by Gasteiger charge is 2.22. The number of amides is 1. The normalized spacial score (nSPS) is 20.7. The molecule has 1 aliphatic rings. The number of carbonyl (C=O) groups excluding carboxylic acids is 1. The summed E-state index contributed by atoms with van der Waals surface area (Å²) < 4.78 is 5.82. The van der Waals surface area contributed by atoms with Crippen molar-refractivity contribution >= 4 is 5.91 Å². The van der Waals surface area contributed by atoms with Gasteiger partial charge in [-0.1, -0.05) is 30.3 Å². The Kier molecular flexibility index (Phi) is 7.69. The van der Waals surface area contributed by atoms with Crippen LogP contribution in [0.5, 0.6) is 0 Å². The molecule has 1 saturated heterocycles. The zero-order valence-electron chi connectivity index (χ0n) is 15.2. The number of hydrogen-bond donors (Lipinski definition) is 1. The fourth-order valence-corrected chi connectivity index (χ4v) is 3.03. The molecule has 2 unspecified atom stereocenters. The van der Waals surface area contributed by atoms with Crippen LogP contribution in [0.25, 0.3) is 0 Å². The largest absolute Gasteiger partial charge is 0.374 e. The molecule has 134 valence electrons. The lowest BCUT2D eigenvalue weighted by Crippen LogP contribution is -2.53. The van der Waals surface area contributed by atoms with Gasteiger partial charge in [-0.05, 0) is 32.9 Å². The van der Waals surface area contributed by atoms with Crippen LogP contribution in [0, 0.1) is 0 Å². The van der Waals surface area contributed by atoms with E-state index in [1.165, 1.54) is 5.56 Å². The molecule has 1 fully saturated rings. The smallest absolute Gasteiger partial charge is 0.234 e. The van der Waals surface area contributed by atoms with Crippen LogP contribution < -0.4 is 5.32 Å². The quantitative estimate of drug-likeness (QED) is 0.738. The van der Waals surface area contributed by atoms with Gasteiger partial charge in [0.2, 0.25) is 5.91 Å². The Labute approximate surface area is 146 Å². The SMILES string of the molecule is CC(OCCCNC(=O)CN1CCN(C)CC1C)c1ccccc1. The third-order valence-electron chi connectivity index (χ3n) is 4.59. The maximum atomic E-state index is 12.0. The second-order valence-electron chi connectivity index (χ2n) is 6.71. The molecule has 2 atom stereocenters. The Hall–Kier alpha value is -1.43. The van der Waals surface area contributed by atoms with E-state index in [2.05, 4.69) is 48.1 Å². The molecule has 0 spiro atoms. The molecule has 0 saturated carbocycles. The molecule has 1 aromatic carbocycles. The van der Waals surface area contributed by atoms with Crippen molar-refractivity contribution < 1.29 is 9.53 Å². The van der Waals surface area contributed by atoms with E-state index in [0.29, 0.717) is 25.7 Å². The topological polar surface area (TPSA) is 44.8 Å². The maximum absolute atomic E-state index is 12.0. The van der Waals surface area contributed by atoms with Gasteiger partial charge >= 0.3 is 0 Å². The summed E-state index contributed by atoms with van der Waals surface area (Å²) in [7, 11) is 2.13. The molecule has 0 aliphatic carbocycles. The lowest BCUT2D eigenvalue weighted by molar-refractivity contribution is -0.123. The molecule has 1 aromatic rings. The van der Waals surface area contributed by atoms with Crippen molar-refractivity contribution in [1.82, 2.24) is 15.1 Å². The van der Waals surface area contributed by atoms with Crippen molar-refractivity contribution in [3.8, 4) is 0 Å². The first-order valence-corrected chi connectivity index (χ1v) is 8.92. The van der Waals surface area contributed by atoms with E-state index in [0.717, 1.165) is 26.1 Å². The maximum Gasteiger partial charge on any atom is 0.234 e. The fraction of sp³-hybridized carbons (Fsp3) is 0.632. The van der Waals surface area contributed by atoms with Crippen LogP contribution in [0.15, 0.2) is 30.3 Å². The third kappa shape index (κ3) is 6.23. The summed E-state index contributed by atoms with van der Waals surface area (Å²) in [5.41, 5.74) is 1.19. The molecule has 24 heavy (non-hydrogen) atoms. The van der Waals surface area contributed by atoms with Gasteiger partial charge in [0.1, 0.15) is 0 Å². The van der Waals surface area contributed by atoms with Crippen LogP contribution in [0.1, 0.15) is 31.9 Å². The third-order valence-corrected chi connectivity index (χ3v) is 4.59. The number of benzene rings is 1. The van der Waals surface area contributed by atoms with E-state index in [9.17, 15) is 4.79 Å². The number of ether oxygens (including phenoxy) is 1. The monoisotopic (exact) mass is 333 g/mol. The molecule has 2 rings (SSSR count). The second-order valence-corrected chi connectivity index (χ2v) is 6.71. The summed E-state index contributed by atoms with van der Waals surface area (Å²) in [6.07, 6.45) is 0.925. The van der Waals surface area contributed by atoms with E-state index in [-0.39, 0.29) is 12.0 Å². The first kappa shape index (κ1) is 18.9. The molecule has 1 aliphatic heterocycles. The predicted molar refractivity (Wildman–Crippen MR) is 97.0 cm³/mol. The van der Waals surface area contributed by atoms with Gasteiger partial charge in [0.05, 0.1) is 12.6 Å². The summed E-state index contributed by atoms with van der Waals surface area (Å²) >= 11 is 0. The van der Waals surface area contributed by atoms with Gasteiger partial charge in [-0.15, -0.1) is 0 Å². The molecule has 0 aromatic heterocycles. The number of hydrogen-bond acceptors (Lipinski definition) is 4. The molecule has 1 amide bonds. The summed E-state index contributed by atoms with van der Waals surface area (Å²) in [5.74, 6) is 0.113. The Morgan fingerprint density at radius 2 is 2.08 bits per heavy atom. The van der Waals surface area contributed by atoms with E-state index in [1.807, 2.05) is 18.2 Å². The van der Waals surface area contributed by atoms with Gasteiger partial charge in [-0.3, -0.25) is 9.69 Å². The molecule has 0 radical (unpaired) electrons. The summed E-state index contributed by atoms with van der Waals surface area (Å²) in [4.78, 5) is 16.6. The van der Waals surface area contributed by atoms with Crippen LogP contribution in [0.2, 0.25) is 0 Å². The molecular weight excluding hydrogens is 302 g/mol. The Morgan fingerprint density at radius 1 is 1.33 bits per heavy atom. The Morgan fingerprint density at radius 3 is 2.79 bits per heavy atom. The fourth-order valence-electron chi connectivity index (χ4n) is 3.03. The van der Waals surface area contributed by atoms with Crippen molar-refractivity contribution in [3.05, 3.63) is 35.9 Å². The van der Waals surface area contributed by atoms with Gasteiger partial charge in [0.15, 0.2) is 0 Å². The number of carbonyl (C=O) groups is 1.